The number of hydrogen-bond acceptors (Lipinski definition) is 3. The van der Waals surface area contributed by atoms with Gasteiger partial charge in [0.2, 0.25) is 0 Å². The standard InChI is InChI=1S/C23H28Cl2N4/c1-26-23(16-8-6-9-17(24)22(16)25)14-5-4-12-20(23)27-15-7-13-21-28-18-10-2-3-11-19(18)29-21/h2-3,6,8-11,20,26-27H,4-5,7,12-15H2,1H3,(H,28,29). The molecule has 0 saturated heterocycles. The van der Waals surface area contributed by atoms with Gasteiger partial charge in [0.05, 0.1) is 26.6 Å². The third kappa shape index (κ3) is 4.17. The minimum absolute atomic E-state index is 0.195. The van der Waals surface area contributed by atoms with Crippen molar-refractivity contribution in [3.63, 3.8) is 0 Å². The smallest absolute Gasteiger partial charge is 0.107 e. The van der Waals surface area contributed by atoms with Crippen LogP contribution in [0.5, 0.6) is 0 Å². The molecule has 0 radical (unpaired) electrons. The van der Waals surface area contributed by atoms with Gasteiger partial charge in [0.15, 0.2) is 0 Å². The van der Waals surface area contributed by atoms with Crippen LogP contribution in [0.25, 0.3) is 11.0 Å². The maximum absolute atomic E-state index is 6.63. The molecule has 4 rings (SSSR count). The van der Waals surface area contributed by atoms with Crippen LogP contribution in [-0.2, 0) is 12.0 Å². The number of para-hydroxylation sites is 2. The van der Waals surface area contributed by atoms with Crippen LogP contribution < -0.4 is 10.6 Å². The number of H-pyrrole nitrogens is 1. The molecule has 0 bridgehead atoms. The SMILES string of the molecule is CNC1(c2cccc(Cl)c2Cl)CCCCC1NCCCc1nc2ccccc2[nH]1. The van der Waals surface area contributed by atoms with Crippen LogP contribution in [0.2, 0.25) is 10.0 Å². The first-order valence-electron chi connectivity index (χ1n) is 10.4. The van der Waals surface area contributed by atoms with Crippen molar-refractivity contribution in [2.75, 3.05) is 13.6 Å². The van der Waals surface area contributed by atoms with Crippen LogP contribution in [0.15, 0.2) is 42.5 Å². The van der Waals surface area contributed by atoms with Crippen LogP contribution in [0, 0.1) is 0 Å². The average molecular weight is 431 g/mol. The summed E-state index contributed by atoms with van der Waals surface area (Å²) in [4.78, 5) is 8.10. The maximum atomic E-state index is 6.63. The number of fused-ring (bicyclic) bond motifs is 1. The molecule has 6 heteroatoms. The zero-order chi connectivity index (χ0) is 20.3. The first-order chi connectivity index (χ1) is 14.1. The van der Waals surface area contributed by atoms with Crippen molar-refractivity contribution >= 4 is 34.2 Å². The fraction of sp³-hybridized carbons (Fsp3) is 0.435. The van der Waals surface area contributed by atoms with Crippen molar-refractivity contribution < 1.29 is 0 Å². The van der Waals surface area contributed by atoms with E-state index in [2.05, 4.69) is 32.7 Å². The van der Waals surface area contributed by atoms with Crippen LogP contribution in [-0.4, -0.2) is 29.6 Å². The third-order valence-electron chi connectivity index (χ3n) is 6.21. The molecule has 2 unspecified atom stereocenters. The molecule has 0 amide bonds. The second-order valence-corrected chi connectivity index (χ2v) is 8.66. The Balaban J connectivity index is 1.43. The minimum Gasteiger partial charge on any atom is -0.342 e. The summed E-state index contributed by atoms with van der Waals surface area (Å²) in [5.74, 6) is 1.05. The van der Waals surface area contributed by atoms with Gasteiger partial charge >= 0.3 is 0 Å². The van der Waals surface area contributed by atoms with Crippen molar-refractivity contribution in [3.05, 3.63) is 63.9 Å². The lowest BCUT2D eigenvalue weighted by Gasteiger charge is -2.45. The van der Waals surface area contributed by atoms with Crippen LogP contribution in [0.3, 0.4) is 0 Å². The number of benzene rings is 2. The molecular formula is C23H28Cl2N4. The number of hydrogen-bond donors (Lipinski definition) is 3. The number of halogens is 2. The predicted molar refractivity (Wildman–Crippen MR) is 122 cm³/mol. The Morgan fingerprint density at radius 2 is 2.00 bits per heavy atom. The zero-order valence-electron chi connectivity index (χ0n) is 16.8. The monoisotopic (exact) mass is 430 g/mol. The summed E-state index contributed by atoms with van der Waals surface area (Å²) in [6, 6.07) is 14.5. The van der Waals surface area contributed by atoms with E-state index in [4.69, 9.17) is 23.2 Å². The molecule has 3 aromatic rings. The first kappa shape index (κ1) is 20.7. The highest BCUT2D eigenvalue weighted by Gasteiger charge is 2.42. The maximum Gasteiger partial charge on any atom is 0.107 e. The lowest BCUT2D eigenvalue weighted by molar-refractivity contribution is 0.178. The van der Waals surface area contributed by atoms with Gasteiger partial charge in [0.1, 0.15) is 5.82 Å². The van der Waals surface area contributed by atoms with Crippen molar-refractivity contribution in [2.24, 2.45) is 0 Å². The van der Waals surface area contributed by atoms with E-state index in [0.29, 0.717) is 16.1 Å². The molecule has 2 aromatic carbocycles. The number of aryl methyl sites for hydroxylation is 1. The first-order valence-corrected chi connectivity index (χ1v) is 11.2. The quantitative estimate of drug-likeness (QED) is 0.436. The Bertz CT molecular complexity index is 937. The van der Waals surface area contributed by atoms with Crippen molar-refractivity contribution in [1.29, 1.82) is 0 Å². The lowest BCUT2D eigenvalue weighted by atomic mass is 9.72. The highest BCUT2D eigenvalue weighted by molar-refractivity contribution is 6.42. The third-order valence-corrected chi connectivity index (χ3v) is 7.03. The molecule has 3 N–H and O–H groups in total. The Labute approximate surface area is 182 Å². The minimum atomic E-state index is -0.195. The van der Waals surface area contributed by atoms with E-state index in [1.165, 1.54) is 12.8 Å². The van der Waals surface area contributed by atoms with Gasteiger partial charge in [-0.15, -0.1) is 0 Å². The number of aromatic nitrogens is 2. The van der Waals surface area contributed by atoms with Gasteiger partial charge in [-0.05, 0) is 56.6 Å². The zero-order valence-corrected chi connectivity index (χ0v) is 18.3. The lowest BCUT2D eigenvalue weighted by Crippen LogP contribution is -2.58. The van der Waals surface area contributed by atoms with Gasteiger partial charge in [0.25, 0.3) is 0 Å². The fourth-order valence-corrected chi connectivity index (χ4v) is 5.18. The second kappa shape index (κ2) is 9.05. The van der Waals surface area contributed by atoms with Gasteiger partial charge in [-0.3, -0.25) is 0 Å². The summed E-state index contributed by atoms with van der Waals surface area (Å²) < 4.78 is 0. The van der Waals surface area contributed by atoms with Gasteiger partial charge in [-0.2, -0.15) is 0 Å². The normalized spacial score (nSPS) is 22.2. The molecule has 1 aromatic heterocycles. The molecule has 4 nitrogen and oxygen atoms in total. The number of nitrogens with one attached hydrogen (secondary N) is 3. The Kier molecular flexibility index (Phi) is 6.45. The number of imidazole rings is 1. The van der Waals surface area contributed by atoms with Crippen LogP contribution in [0.4, 0.5) is 0 Å². The molecular weight excluding hydrogens is 403 g/mol. The molecule has 154 valence electrons. The molecule has 29 heavy (non-hydrogen) atoms. The van der Waals surface area contributed by atoms with E-state index in [0.717, 1.165) is 54.6 Å². The Morgan fingerprint density at radius 3 is 2.83 bits per heavy atom. The largest absolute Gasteiger partial charge is 0.342 e. The summed E-state index contributed by atoms with van der Waals surface area (Å²) in [6.45, 7) is 0.934. The van der Waals surface area contributed by atoms with Crippen molar-refractivity contribution in [3.8, 4) is 0 Å². The highest BCUT2D eigenvalue weighted by atomic mass is 35.5. The summed E-state index contributed by atoms with van der Waals surface area (Å²) in [7, 11) is 2.03. The Morgan fingerprint density at radius 1 is 1.14 bits per heavy atom. The van der Waals surface area contributed by atoms with Crippen molar-refractivity contribution in [1.82, 2.24) is 20.6 Å². The summed E-state index contributed by atoms with van der Waals surface area (Å²) in [5, 5.41) is 8.70. The summed E-state index contributed by atoms with van der Waals surface area (Å²) in [5.41, 5.74) is 3.04. The molecule has 1 heterocycles. The van der Waals surface area contributed by atoms with Gasteiger partial charge < -0.3 is 15.6 Å². The van der Waals surface area contributed by atoms with Crippen molar-refractivity contribution in [2.45, 2.75) is 50.1 Å². The van der Waals surface area contributed by atoms with Gasteiger partial charge in [0, 0.05) is 12.5 Å². The number of aromatic amines is 1. The number of likely N-dealkylation sites (N-methyl/N-ethyl adjacent to an activating group) is 1. The second-order valence-electron chi connectivity index (χ2n) is 7.88. The predicted octanol–water partition coefficient (Wildman–Crippen LogP) is 5.45. The average Bonchev–Trinajstić information content (AvgIpc) is 3.16. The molecule has 1 saturated carbocycles. The van der Waals surface area contributed by atoms with Crippen LogP contribution >= 0.6 is 23.2 Å². The van der Waals surface area contributed by atoms with Crippen LogP contribution in [0.1, 0.15) is 43.5 Å². The summed E-state index contributed by atoms with van der Waals surface area (Å²) >= 11 is 13.0. The van der Waals surface area contributed by atoms with Gasteiger partial charge in [-0.25, -0.2) is 4.98 Å². The van der Waals surface area contributed by atoms with E-state index in [9.17, 15) is 0 Å². The topological polar surface area (TPSA) is 52.7 Å². The number of rotatable bonds is 7. The van der Waals surface area contributed by atoms with E-state index in [-0.39, 0.29) is 5.54 Å². The molecule has 1 aliphatic carbocycles. The molecule has 0 spiro atoms. The van der Waals surface area contributed by atoms with Gasteiger partial charge in [-0.1, -0.05) is 60.3 Å². The molecule has 0 aliphatic heterocycles. The Hall–Kier alpha value is -1.59. The molecule has 2 atom stereocenters. The van der Waals surface area contributed by atoms with E-state index >= 15 is 0 Å². The molecule has 1 aliphatic rings. The van der Waals surface area contributed by atoms with E-state index < -0.39 is 0 Å². The van der Waals surface area contributed by atoms with E-state index in [1.54, 1.807) is 0 Å². The highest BCUT2D eigenvalue weighted by Crippen LogP contribution is 2.42. The summed E-state index contributed by atoms with van der Waals surface area (Å²) in [6.07, 6.45) is 6.53. The molecule has 1 fully saturated rings. The van der Waals surface area contributed by atoms with E-state index in [1.807, 2.05) is 37.4 Å². The fourth-order valence-electron chi connectivity index (χ4n) is 4.71. The number of nitrogens with zero attached hydrogens (tertiary/aromatic N) is 1.